The van der Waals surface area contributed by atoms with Crippen LogP contribution in [0.15, 0.2) is 64.0 Å². The van der Waals surface area contributed by atoms with Crippen molar-refractivity contribution >= 4 is 50.7 Å². The van der Waals surface area contributed by atoms with Gasteiger partial charge in [-0.15, -0.1) is 0 Å². The highest BCUT2D eigenvalue weighted by Gasteiger charge is 2.18. The van der Waals surface area contributed by atoms with Crippen molar-refractivity contribution in [3.8, 4) is 34.9 Å². The van der Waals surface area contributed by atoms with Crippen molar-refractivity contribution in [3.63, 3.8) is 0 Å². The lowest BCUT2D eigenvalue weighted by molar-refractivity contribution is -0.118. The van der Waals surface area contributed by atoms with Gasteiger partial charge in [0.15, 0.2) is 18.1 Å². The summed E-state index contributed by atoms with van der Waals surface area (Å²) in [6.45, 7) is -0.559. The Morgan fingerprint density at radius 2 is 2.00 bits per heavy atom. The lowest BCUT2D eigenvalue weighted by Crippen LogP contribution is -2.21. The highest BCUT2D eigenvalue weighted by Crippen LogP contribution is 2.38. The quantitative estimate of drug-likeness (QED) is 0.245. The lowest BCUT2D eigenvalue weighted by Gasteiger charge is -2.14. The number of aromatic nitrogens is 2. The monoisotopic (exact) mass is 606 g/mol. The number of aromatic amines is 1. The van der Waals surface area contributed by atoms with Crippen LogP contribution in [-0.4, -0.2) is 27.2 Å². The molecule has 1 heterocycles. The van der Waals surface area contributed by atoms with E-state index in [-0.39, 0.29) is 48.9 Å². The number of H-pyrrole nitrogens is 1. The van der Waals surface area contributed by atoms with Gasteiger partial charge in [-0.05, 0) is 64.5 Å². The van der Waals surface area contributed by atoms with E-state index in [1.807, 2.05) is 6.07 Å². The standard InChI is InChI=1S/C24H14BrCl2FN4O5/c25-16-2-4-19(22(28)23(16)37-15-6-12(9-29)5-13(26)7-15)36-11-21(34)30-18-3-1-14(8-17(18)27)32-10-20(33)31-24(32)35/h1-8,10,33H,11H2,(H,30,34)(H,31,35). The van der Waals surface area contributed by atoms with Crippen LogP contribution in [0.5, 0.6) is 23.1 Å². The first-order chi connectivity index (χ1) is 17.6. The van der Waals surface area contributed by atoms with Crippen molar-refractivity contribution in [3.05, 3.63) is 91.1 Å². The van der Waals surface area contributed by atoms with E-state index in [1.165, 1.54) is 54.7 Å². The maximum absolute atomic E-state index is 15.1. The van der Waals surface area contributed by atoms with E-state index in [9.17, 15) is 14.7 Å². The highest BCUT2D eigenvalue weighted by molar-refractivity contribution is 9.10. The summed E-state index contributed by atoms with van der Waals surface area (Å²) < 4.78 is 27.4. The topological polar surface area (TPSA) is 129 Å². The number of amides is 1. The SMILES string of the molecule is N#Cc1cc(Cl)cc(Oc2c(Br)ccc(OCC(=O)Nc3ccc(-n4cc(O)[nH]c4=O)cc3Cl)c2F)c1. The largest absolute Gasteiger partial charge is 0.493 e. The zero-order valence-corrected chi connectivity index (χ0v) is 21.5. The third kappa shape index (κ3) is 6.06. The van der Waals surface area contributed by atoms with Gasteiger partial charge in [0.2, 0.25) is 11.7 Å². The Bertz CT molecular complexity index is 1620. The summed E-state index contributed by atoms with van der Waals surface area (Å²) in [6, 6.07) is 13.3. The molecule has 0 aliphatic rings. The molecule has 0 unspecified atom stereocenters. The third-order valence-electron chi connectivity index (χ3n) is 4.80. The number of aromatic hydroxyl groups is 1. The molecule has 1 aromatic heterocycles. The number of imidazole rings is 1. The molecule has 188 valence electrons. The number of ether oxygens (including phenoxy) is 2. The van der Waals surface area contributed by atoms with E-state index in [0.29, 0.717) is 5.69 Å². The number of nitriles is 1. The molecule has 0 saturated heterocycles. The molecule has 3 aromatic carbocycles. The van der Waals surface area contributed by atoms with Gasteiger partial charge < -0.3 is 19.9 Å². The molecule has 1 amide bonds. The number of carbonyl (C=O) groups is 1. The van der Waals surface area contributed by atoms with Crippen LogP contribution in [0.1, 0.15) is 5.56 Å². The molecular formula is C24H14BrCl2FN4O5. The number of hydrogen-bond acceptors (Lipinski definition) is 6. The van der Waals surface area contributed by atoms with Crippen LogP contribution in [0.2, 0.25) is 10.0 Å². The van der Waals surface area contributed by atoms with Crippen LogP contribution in [0, 0.1) is 17.1 Å². The first kappa shape index (κ1) is 26.1. The zero-order valence-electron chi connectivity index (χ0n) is 18.4. The second kappa shape index (κ2) is 11.0. The second-order valence-electron chi connectivity index (χ2n) is 7.39. The van der Waals surface area contributed by atoms with Crippen LogP contribution in [0.4, 0.5) is 10.1 Å². The smallest absolute Gasteiger partial charge is 0.332 e. The molecule has 4 aromatic rings. The van der Waals surface area contributed by atoms with Crippen LogP contribution >= 0.6 is 39.1 Å². The predicted octanol–water partition coefficient (Wildman–Crippen LogP) is 5.76. The summed E-state index contributed by atoms with van der Waals surface area (Å²) in [5.74, 6) is -2.19. The summed E-state index contributed by atoms with van der Waals surface area (Å²) in [7, 11) is 0. The average Bonchev–Trinajstić information content (AvgIpc) is 3.19. The Morgan fingerprint density at radius 3 is 2.68 bits per heavy atom. The molecule has 0 aliphatic heterocycles. The van der Waals surface area contributed by atoms with E-state index in [0.717, 1.165) is 4.57 Å². The third-order valence-corrected chi connectivity index (χ3v) is 5.96. The fraction of sp³-hybridized carbons (Fsp3) is 0.0417. The number of hydrogen-bond donors (Lipinski definition) is 3. The predicted molar refractivity (Wildman–Crippen MR) is 138 cm³/mol. The molecule has 3 N–H and O–H groups in total. The van der Waals surface area contributed by atoms with Crippen LogP contribution in [-0.2, 0) is 4.79 Å². The van der Waals surface area contributed by atoms with Crippen LogP contribution in [0.25, 0.3) is 5.69 Å². The van der Waals surface area contributed by atoms with Crippen molar-refractivity contribution in [1.29, 1.82) is 5.26 Å². The molecule has 9 nitrogen and oxygen atoms in total. The van der Waals surface area contributed by atoms with E-state index in [4.69, 9.17) is 37.9 Å². The molecule has 0 aliphatic carbocycles. The van der Waals surface area contributed by atoms with Gasteiger partial charge >= 0.3 is 5.69 Å². The van der Waals surface area contributed by atoms with Crippen LogP contribution < -0.4 is 20.5 Å². The molecule has 0 saturated carbocycles. The minimum absolute atomic E-state index is 0.113. The number of rotatable bonds is 7. The molecule has 4 rings (SSSR count). The van der Waals surface area contributed by atoms with Gasteiger partial charge in [0.05, 0.1) is 38.7 Å². The molecule has 0 fully saturated rings. The molecule has 0 bridgehead atoms. The van der Waals surface area contributed by atoms with Gasteiger partial charge in [-0.25, -0.2) is 4.79 Å². The molecule has 0 spiro atoms. The van der Waals surface area contributed by atoms with Crippen molar-refractivity contribution in [2.45, 2.75) is 0 Å². The first-order valence-electron chi connectivity index (χ1n) is 10.2. The lowest BCUT2D eigenvalue weighted by atomic mass is 10.2. The maximum atomic E-state index is 15.1. The highest BCUT2D eigenvalue weighted by atomic mass is 79.9. The number of nitrogens with one attached hydrogen (secondary N) is 2. The molecule has 0 atom stereocenters. The van der Waals surface area contributed by atoms with Crippen molar-refractivity contribution in [2.75, 3.05) is 11.9 Å². The molecule has 13 heteroatoms. The van der Waals surface area contributed by atoms with Gasteiger partial charge in [-0.3, -0.25) is 14.3 Å². The molecule has 37 heavy (non-hydrogen) atoms. The number of halogens is 4. The Kier molecular flexibility index (Phi) is 7.73. The molecule has 0 radical (unpaired) electrons. The number of anilines is 1. The minimum Gasteiger partial charge on any atom is -0.493 e. The van der Waals surface area contributed by atoms with Gasteiger partial charge in [0.25, 0.3) is 5.91 Å². The molecular weight excluding hydrogens is 594 g/mol. The Balaban J connectivity index is 1.45. The zero-order chi connectivity index (χ0) is 26.7. The first-order valence-corrected chi connectivity index (χ1v) is 11.8. The second-order valence-corrected chi connectivity index (χ2v) is 9.09. The summed E-state index contributed by atoms with van der Waals surface area (Å²) >= 11 is 15.4. The summed E-state index contributed by atoms with van der Waals surface area (Å²) in [5, 5.41) is 21.4. The Hall–Kier alpha value is -3.98. The minimum atomic E-state index is -0.886. The van der Waals surface area contributed by atoms with Gasteiger partial charge in [-0.1, -0.05) is 23.2 Å². The Morgan fingerprint density at radius 1 is 1.22 bits per heavy atom. The van der Waals surface area contributed by atoms with Gasteiger partial charge in [-0.2, -0.15) is 9.65 Å². The van der Waals surface area contributed by atoms with Crippen molar-refractivity contribution in [1.82, 2.24) is 9.55 Å². The van der Waals surface area contributed by atoms with Gasteiger partial charge in [0.1, 0.15) is 5.75 Å². The Labute approximate surface area is 226 Å². The summed E-state index contributed by atoms with van der Waals surface area (Å²) in [5.41, 5.74) is 0.237. The van der Waals surface area contributed by atoms with Crippen molar-refractivity contribution in [2.24, 2.45) is 0 Å². The normalized spacial score (nSPS) is 10.6. The number of benzene rings is 3. The van der Waals surface area contributed by atoms with E-state index in [2.05, 4.69) is 26.2 Å². The fourth-order valence-electron chi connectivity index (χ4n) is 3.18. The fourth-order valence-corrected chi connectivity index (χ4v) is 4.02. The summed E-state index contributed by atoms with van der Waals surface area (Å²) in [4.78, 5) is 26.4. The number of nitrogens with zero attached hydrogens (tertiary/aromatic N) is 2. The number of carbonyl (C=O) groups excluding carboxylic acids is 1. The van der Waals surface area contributed by atoms with Crippen LogP contribution in [0.3, 0.4) is 0 Å². The average molecular weight is 608 g/mol. The van der Waals surface area contributed by atoms with Crippen molar-refractivity contribution < 1.29 is 23.8 Å². The van der Waals surface area contributed by atoms with E-state index < -0.39 is 24.0 Å². The van der Waals surface area contributed by atoms with E-state index in [1.54, 1.807) is 0 Å². The van der Waals surface area contributed by atoms with E-state index >= 15 is 4.39 Å². The summed E-state index contributed by atoms with van der Waals surface area (Å²) in [6.07, 6.45) is 1.18. The van der Waals surface area contributed by atoms with Gasteiger partial charge in [0, 0.05) is 5.02 Å². The maximum Gasteiger partial charge on any atom is 0.332 e.